The molecule has 0 aromatic carbocycles. The largest absolute Gasteiger partial charge is 0.388 e. The van der Waals surface area contributed by atoms with E-state index >= 15 is 0 Å². The van der Waals surface area contributed by atoms with Gasteiger partial charge in [0.2, 0.25) is 0 Å². The summed E-state index contributed by atoms with van der Waals surface area (Å²) in [5.41, 5.74) is 4.71. The van der Waals surface area contributed by atoms with Crippen molar-refractivity contribution in [3.8, 4) is 0 Å². The highest BCUT2D eigenvalue weighted by molar-refractivity contribution is 7.91. The predicted octanol–water partition coefficient (Wildman–Crippen LogP) is 1.08. The molecule has 2 fully saturated rings. The monoisotopic (exact) mass is 275 g/mol. The highest BCUT2D eigenvalue weighted by Gasteiger charge is 2.56. The number of aliphatic hydroxyl groups is 1. The molecule has 1 aliphatic heterocycles. The Kier molecular flexibility index (Phi) is 3.32. The standard InChI is InChI=1S/C13H25NO3S/c1-11(2)3-5-12(9-14,6-4-11)13(15)7-8-18(16,17)10-13/h15H,3-10,14H2,1-2H3. The van der Waals surface area contributed by atoms with Crippen molar-refractivity contribution in [1.29, 1.82) is 0 Å². The molecule has 0 amide bonds. The molecule has 1 heterocycles. The molecule has 0 spiro atoms. The van der Waals surface area contributed by atoms with Crippen molar-refractivity contribution in [1.82, 2.24) is 0 Å². The van der Waals surface area contributed by atoms with E-state index in [2.05, 4.69) is 13.8 Å². The lowest BCUT2D eigenvalue weighted by Crippen LogP contribution is -2.55. The van der Waals surface area contributed by atoms with Crippen molar-refractivity contribution >= 4 is 9.84 Å². The first-order valence-corrected chi connectivity index (χ1v) is 8.59. The SMILES string of the molecule is CC1(C)CCC(CN)(C2(O)CCS(=O)(=O)C2)CC1. The van der Waals surface area contributed by atoms with Crippen molar-refractivity contribution in [3.63, 3.8) is 0 Å². The maximum Gasteiger partial charge on any atom is 0.153 e. The van der Waals surface area contributed by atoms with Crippen molar-refractivity contribution in [2.75, 3.05) is 18.1 Å². The van der Waals surface area contributed by atoms with Crippen molar-refractivity contribution in [2.45, 2.75) is 51.6 Å². The van der Waals surface area contributed by atoms with E-state index in [0.29, 0.717) is 13.0 Å². The van der Waals surface area contributed by atoms with Crippen LogP contribution in [0, 0.1) is 10.8 Å². The Morgan fingerprint density at radius 1 is 1.11 bits per heavy atom. The van der Waals surface area contributed by atoms with E-state index in [0.717, 1.165) is 25.7 Å². The van der Waals surface area contributed by atoms with Gasteiger partial charge in [0.1, 0.15) is 0 Å². The molecule has 1 unspecified atom stereocenters. The van der Waals surface area contributed by atoms with Crippen LogP contribution in [0.2, 0.25) is 0 Å². The fraction of sp³-hybridized carbons (Fsp3) is 1.00. The van der Waals surface area contributed by atoms with Crippen LogP contribution in [-0.4, -0.2) is 37.2 Å². The van der Waals surface area contributed by atoms with Gasteiger partial charge in [-0.25, -0.2) is 8.42 Å². The average molecular weight is 275 g/mol. The van der Waals surface area contributed by atoms with Gasteiger partial charge in [-0.15, -0.1) is 0 Å². The zero-order chi connectivity index (χ0) is 13.7. The smallest absolute Gasteiger partial charge is 0.153 e. The number of nitrogens with two attached hydrogens (primary N) is 1. The van der Waals surface area contributed by atoms with Crippen LogP contribution in [-0.2, 0) is 9.84 Å². The Morgan fingerprint density at radius 3 is 2.06 bits per heavy atom. The topological polar surface area (TPSA) is 80.4 Å². The summed E-state index contributed by atoms with van der Waals surface area (Å²) in [4.78, 5) is 0. The number of sulfone groups is 1. The summed E-state index contributed by atoms with van der Waals surface area (Å²) in [5, 5.41) is 10.8. The molecule has 2 aliphatic rings. The van der Waals surface area contributed by atoms with E-state index in [1.165, 1.54) is 0 Å². The zero-order valence-corrected chi connectivity index (χ0v) is 12.2. The van der Waals surface area contributed by atoms with Gasteiger partial charge in [0.05, 0.1) is 17.1 Å². The molecule has 4 nitrogen and oxygen atoms in total. The van der Waals surface area contributed by atoms with Gasteiger partial charge in [-0.1, -0.05) is 13.8 Å². The minimum absolute atomic E-state index is 0.0996. The molecule has 3 N–H and O–H groups in total. The summed E-state index contributed by atoms with van der Waals surface area (Å²) < 4.78 is 23.3. The van der Waals surface area contributed by atoms with E-state index in [9.17, 15) is 13.5 Å². The summed E-state index contributed by atoms with van der Waals surface area (Å²) in [6.45, 7) is 4.83. The number of rotatable bonds is 2. The van der Waals surface area contributed by atoms with Crippen LogP contribution in [0.4, 0.5) is 0 Å². The first-order valence-electron chi connectivity index (χ1n) is 6.77. The first kappa shape index (κ1) is 14.3. The quantitative estimate of drug-likeness (QED) is 0.790. The molecule has 0 radical (unpaired) electrons. The molecule has 18 heavy (non-hydrogen) atoms. The summed E-state index contributed by atoms with van der Waals surface area (Å²) in [7, 11) is -3.09. The highest BCUT2D eigenvalue weighted by atomic mass is 32.2. The third-order valence-electron chi connectivity index (χ3n) is 5.22. The summed E-state index contributed by atoms with van der Waals surface area (Å²) in [5.74, 6) is 0.00622. The van der Waals surface area contributed by atoms with Gasteiger partial charge in [-0.2, -0.15) is 0 Å². The molecule has 1 atom stereocenters. The van der Waals surface area contributed by atoms with Crippen LogP contribution in [0.1, 0.15) is 46.0 Å². The second-order valence-corrected chi connectivity index (χ2v) is 9.21. The second kappa shape index (κ2) is 4.18. The van der Waals surface area contributed by atoms with E-state index in [1.807, 2.05) is 0 Å². The molecular formula is C13H25NO3S. The van der Waals surface area contributed by atoms with E-state index < -0.39 is 20.9 Å². The Hall–Kier alpha value is -0.130. The maximum absolute atomic E-state index is 11.7. The molecule has 1 aliphatic carbocycles. The van der Waals surface area contributed by atoms with Gasteiger partial charge >= 0.3 is 0 Å². The molecule has 0 aromatic heterocycles. The van der Waals surface area contributed by atoms with Gasteiger partial charge in [0.15, 0.2) is 9.84 Å². The lowest BCUT2D eigenvalue weighted by Gasteiger charge is -2.50. The van der Waals surface area contributed by atoms with Crippen LogP contribution in [0.5, 0.6) is 0 Å². The third-order valence-corrected chi connectivity index (χ3v) is 6.97. The van der Waals surface area contributed by atoms with Crippen LogP contribution < -0.4 is 5.73 Å². The van der Waals surface area contributed by atoms with Crippen LogP contribution >= 0.6 is 0 Å². The van der Waals surface area contributed by atoms with Gasteiger partial charge in [-0.3, -0.25) is 0 Å². The van der Waals surface area contributed by atoms with E-state index in [1.54, 1.807) is 0 Å². The van der Waals surface area contributed by atoms with Crippen molar-refractivity contribution in [3.05, 3.63) is 0 Å². The molecule has 0 aromatic rings. The number of hydrogen-bond acceptors (Lipinski definition) is 4. The first-order chi connectivity index (χ1) is 8.14. The fourth-order valence-corrected chi connectivity index (χ4v) is 5.49. The Bertz CT molecular complexity index is 420. The zero-order valence-electron chi connectivity index (χ0n) is 11.4. The summed E-state index contributed by atoms with van der Waals surface area (Å²) >= 11 is 0. The molecule has 5 heteroatoms. The molecule has 2 rings (SSSR count). The van der Waals surface area contributed by atoms with Gasteiger partial charge in [0, 0.05) is 12.0 Å². The molecule has 1 saturated carbocycles. The average Bonchev–Trinajstić information content (AvgIpc) is 2.55. The van der Waals surface area contributed by atoms with E-state index in [4.69, 9.17) is 5.73 Å². The summed E-state index contributed by atoms with van der Waals surface area (Å²) in [6.07, 6.45) is 4.04. The minimum atomic E-state index is -3.09. The Balaban J connectivity index is 2.24. The molecule has 1 saturated heterocycles. The van der Waals surface area contributed by atoms with Crippen LogP contribution in [0.3, 0.4) is 0 Å². The van der Waals surface area contributed by atoms with Crippen LogP contribution in [0.25, 0.3) is 0 Å². The second-order valence-electron chi connectivity index (χ2n) is 7.02. The van der Waals surface area contributed by atoms with Crippen molar-refractivity contribution < 1.29 is 13.5 Å². The highest BCUT2D eigenvalue weighted by Crippen LogP contribution is 2.52. The molecular weight excluding hydrogens is 250 g/mol. The number of hydrogen-bond donors (Lipinski definition) is 2. The predicted molar refractivity (Wildman–Crippen MR) is 72.0 cm³/mol. The van der Waals surface area contributed by atoms with Gasteiger partial charge in [0.25, 0.3) is 0 Å². The maximum atomic E-state index is 11.7. The lowest BCUT2D eigenvalue weighted by molar-refractivity contribution is -0.0935. The normalized spacial score (nSPS) is 37.6. The molecule has 0 bridgehead atoms. The third kappa shape index (κ3) is 2.32. The van der Waals surface area contributed by atoms with Crippen LogP contribution in [0.15, 0.2) is 0 Å². The fourth-order valence-electron chi connectivity index (χ4n) is 3.52. The molecule has 106 valence electrons. The Morgan fingerprint density at radius 2 is 1.67 bits per heavy atom. The minimum Gasteiger partial charge on any atom is -0.388 e. The lowest BCUT2D eigenvalue weighted by atomic mass is 9.58. The van der Waals surface area contributed by atoms with Gasteiger partial charge < -0.3 is 10.8 Å². The summed E-state index contributed by atoms with van der Waals surface area (Å²) in [6, 6.07) is 0. The van der Waals surface area contributed by atoms with Gasteiger partial charge in [-0.05, 0) is 37.5 Å². The Labute approximate surface area is 110 Å². The van der Waals surface area contributed by atoms with Crippen molar-refractivity contribution in [2.24, 2.45) is 16.6 Å². The van der Waals surface area contributed by atoms with E-state index in [-0.39, 0.29) is 16.9 Å².